The topological polar surface area (TPSA) is 40.5 Å². The van der Waals surface area contributed by atoms with Crippen molar-refractivity contribution in [3.63, 3.8) is 0 Å². The number of allylic oxidation sites excluding steroid dienone is 3. The van der Waals surface area contributed by atoms with E-state index in [9.17, 15) is 10.2 Å². The molecule has 0 amide bonds. The number of hydrogen-bond donors (Lipinski definition) is 2. The Balaban J connectivity index is 1.54. The van der Waals surface area contributed by atoms with Gasteiger partial charge in [0.2, 0.25) is 0 Å². The molecule has 0 saturated heterocycles. The second-order valence-corrected chi connectivity index (χ2v) is 10.4. The third-order valence-corrected chi connectivity index (χ3v) is 8.63. The van der Waals surface area contributed by atoms with E-state index in [-0.39, 0.29) is 0 Å². The first-order valence-corrected chi connectivity index (χ1v) is 12.9. The molecule has 4 aromatic rings. The van der Waals surface area contributed by atoms with E-state index in [4.69, 9.17) is 0 Å². The van der Waals surface area contributed by atoms with Gasteiger partial charge in [0, 0.05) is 11.8 Å². The van der Waals surface area contributed by atoms with Gasteiger partial charge in [-0.05, 0) is 62.6 Å². The summed E-state index contributed by atoms with van der Waals surface area (Å²) < 4.78 is 0. The highest BCUT2D eigenvalue weighted by atomic mass is 16.3. The first kappa shape index (κ1) is 22.2. The van der Waals surface area contributed by atoms with Crippen molar-refractivity contribution < 1.29 is 10.2 Å². The first-order valence-electron chi connectivity index (χ1n) is 12.9. The van der Waals surface area contributed by atoms with Gasteiger partial charge >= 0.3 is 0 Å². The predicted octanol–water partition coefficient (Wildman–Crippen LogP) is 7.12. The van der Waals surface area contributed by atoms with Crippen LogP contribution in [0.3, 0.4) is 0 Å². The summed E-state index contributed by atoms with van der Waals surface area (Å²) >= 11 is 0. The largest absolute Gasteiger partial charge is 0.380 e. The fourth-order valence-corrected chi connectivity index (χ4v) is 7.30. The third-order valence-electron chi connectivity index (χ3n) is 8.63. The van der Waals surface area contributed by atoms with Crippen LogP contribution in [-0.2, 0) is 11.2 Å². The van der Waals surface area contributed by atoms with Crippen LogP contribution in [0.5, 0.6) is 0 Å². The Kier molecular flexibility index (Phi) is 4.66. The van der Waals surface area contributed by atoms with E-state index in [1.807, 2.05) is 85.8 Å². The van der Waals surface area contributed by atoms with Crippen LogP contribution in [0.15, 0.2) is 133 Å². The molecule has 37 heavy (non-hydrogen) atoms. The second-order valence-electron chi connectivity index (χ2n) is 10.4. The highest BCUT2D eigenvalue weighted by Gasteiger charge is 2.60. The zero-order chi connectivity index (χ0) is 25.4. The summed E-state index contributed by atoms with van der Waals surface area (Å²) in [5.41, 5.74) is 6.73. The van der Waals surface area contributed by atoms with Gasteiger partial charge in [0.05, 0.1) is 0 Å². The lowest BCUT2D eigenvalue weighted by Gasteiger charge is -2.44. The summed E-state index contributed by atoms with van der Waals surface area (Å²) in [5.74, 6) is -0.932. The molecule has 4 aromatic carbocycles. The number of benzene rings is 4. The molecule has 2 unspecified atom stereocenters. The molecule has 3 aliphatic carbocycles. The van der Waals surface area contributed by atoms with E-state index in [0.717, 1.165) is 55.7 Å². The van der Waals surface area contributed by atoms with Crippen molar-refractivity contribution in [3.8, 4) is 22.3 Å². The van der Waals surface area contributed by atoms with Gasteiger partial charge in [-0.2, -0.15) is 0 Å². The molecule has 2 atom stereocenters. The van der Waals surface area contributed by atoms with Gasteiger partial charge in [0.25, 0.3) is 0 Å². The Morgan fingerprint density at radius 2 is 0.946 bits per heavy atom. The lowest BCUT2D eigenvalue weighted by Crippen LogP contribution is -2.47. The molecule has 0 fully saturated rings. The predicted molar refractivity (Wildman–Crippen MR) is 149 cm³/mol. The van der Waals surface area contributed by atoms with Crippen LogP contribution in [0.2, 0.25) is 0 Å². The summed E-state index contributed by atoms with van der Waals surface area (Å²) in [7, 11) is 0. The fraction of sp³-hybridized carbons (Fsp3) is 0.143. The van der Waals surface area contributed by atoms with Gasteiger partial charge in [0.1, 0.15) is 11.2 Å². The minimum atomic E-state index is -1.35. The van der Waals surface area contributed by atoms with Gasteiger partial charge in [-0.25, -0.2) is 0 Å². The minimum absolute atomic E-state index is 0.454. The van der Waals surface area contributed by atoms with Crippen LogP contribution < -0.4 is 0 Å². The molecule has 0 aromatic heterocycles. The van der Waals surface area contributed by atoms with Crippen molar-refractivity contribution in [2.24, 2.45) is 11.8 Å². The zero-order valence-electron chi connectivity index (χ0n) is 20.7. The molecule has 2 heteroatoms. The summed E-state index contributed by atoms with van der Waals surface area (Å²) in [4.78, 5) is 0. The normalized spacial score (nSPS) is 21.9. The quantitative estimate of drug-likeness (QED) is 0.328. The molecule has 0 heterocycles. The van der Waals surface area contributed by atoms with Crippen molar-refractivity contribution >= 4 is 0 Å². The standard InChI is InChI=1S/C35H28O2/c1-3-12-23-21-22(2)32(34(36)28-17-8-4-13-24(28)25-14-5-9-18-29(25)34)33(23)35(37)30-19-10-6-15-26(30)27-16-7-11-20-31(27)35/h3-21,32-33,36-37H,2H2,1H3/b12-3-. The van der Waals surface area contributed by atoms with E-state index >= 15 is 0 Å². The van der Waals surface area contributed by atoms with Crippen molar-refractivity contribution in [2.45, 2.75) is 18.1 Å². The van der Waals surface area contributed by atoms with Gasteiger partial charge < -0.3 is 10.2 Å². The molecule has 7 rings (SSSR count). The lowest BCUT2D eigenvalue weighted by atomic mass is 9.63. The van der Waals surface area contributed by atoms with Crippen LogP contribution in [0.1, 0.15) is 29.2 Å². The van der Waals surface area contributed by atoms with Crippen molar-refractivity contribution in [1.29, 1.82) is 0 Å². The molecule has 180 valence electrons. The Labute approximate surface area is 217 Å². The molecular formula is C35H28O2. The molecule has 0 aliphatic heterocycles. The van der Waals surface area contributed by atoms with E-state index in [2.05, 4.69) is 43.0 Å². The molecule has 0 radical (unpaired) electrons. The SMILES string of the molecule is C=C1C=C(/C=C\C)C(C2(O)c3ccccc3-c3ccccc32)C1C1(O)c2ccccc2-c2ccccc21. The number of fused-ring (bicyclic) bond motifs is 6. The highest BCUT2D eigenvalue weighted by Crippen LogP contribution is 2.64. The monoisotopic (exact) mass is 480 g/mol. The Morgan fingerprint density at radius 1 is 0.595 bits per heavy atom. The zero-order valence-corrected chi connectivity index (χ0v) is 20.7. The summed E-state index contributed by atoms with van der Waals surface area (Å²) in [5, 5.41) is 26.0. The van der Waals surface area contributed by atoms with Gasteiger partial charge in [-0.15, -0.1) is 0 Å². The van der Waals surface area contributed by atoms with Crippen LogP contribution in [0, 0.1) is 11.8 Å². The van der Waals surface area contributed by atoms with Crippen LogP contribution >= 0.6 is 0 Å². The maximum atomic E-state index is 13.0. The Hall–Kier alpha value is -3.98. The third kappa shape index (κ3) is 2.72. The minimum Gasteiger partial charge on any atom is -0.380 e. The molecule has 0 saturated carbocycles. The molecule has 2 N–H and O–H groups in total. The second kappa shape index (κ2) is 7.76. The Morgan fingerprint density at radius 3 is 1.32 bits per heavy atom. The summed E-state index contributed by atoms with van der Waals surface area (Å²) in [6, 6.07) is 32.4. The molecule has 0 bridgehead atoms. The van der Waals surface area contributed by atoms with Gasteiger partial charge in [-0.1, -0.05) is 122 Å². The number of aliphatic hydroxyl groups is 2. The van der Waals surface area contributed by atoms with E-state index in [0.29, 0.717) is 0 Å². The van der Waals surface area contributed by atoms with Crippen LogP contribution in [0.25, 0.3) is 22.3 Å². The van der Waals surface area contributed by atoms with Crippen LogP contribution in [-0.4, -0.2) is 10.2 Å². The Bertz CT molecular complexity index is 1560. The fourth-order valence-electron chi connectivity index (χ4n) is 7.30. The van der Waals surface area contributed by atoms with E-state index in [1.54, 1.807) is 0 Å². The van der Waals surface area contributed by atoms with Crippen molar-refractivity contribution in [1.82, 2.24) is 0 Å². The van der Waals surface area contributed by atoms with Crippen molar-refractivity contribution in [2.75, 3.05) is 0 Å². The average Bonchev–Trinajstić information content (AvgIpc) is 3.50. The highest BCUT2D eigenvalue weighted by molar-refractivity contribution is 5.83. The van der Waals surface area contributed by atoms with Crippen molar-refractivity contribution in [3.05, 3.63) is 155 Å². The lowest BCUT2D eigenvalue weighted by molar-refractivity contribution is -0.0451. The summed E-state index contributed by atoms with van der Waals surface area (Å²) in [6.45, 7) is 6.48. The van der Waals surface area contributed by atoms with E-state index in [1.165, 1.54) is 0 Å². The summed E-state index contributed by atoms with van der Waals surface area (Å²) in [6.07, 6.45) is 6.14. The molecule has 2 nitrogen and oxygen atoms in total. The maximum Gasteiger partial charge on any atom is 0.123 e. The molecule has 3 aliphatic rings. The molecular weight excluding hydrogens is 452 g/mol. The first-order chi connectivity index (χ1) is 18.0. The van der Waals surface area contributed by atoms with Crippen LogP contribution in [0.4, 0.5) is 0 Å². The maximum absolute atomic E-state index is 13.0. The van der Waals surface area contributed by atoms with Gasteiger partial charge in [0.15, 0.2) is 0 Å². The van der Waals surface area contributed by atoms with Gasteiger partial charge in [-0.3, -0.25) is 0 Å². The molecule has 0 spiro atoms. The average molecular weight is 481 g/mol. The van der Waals surface area contributed by atoms with E-state index < -0.39 is 23.0 Å². The number of hydrogen-bond acceptors (Lipinski definition) is 2. The number of rotatable bonds is 3. The smallest absolute Gasteiger partial charge is 0.123 e.